The third-order valence-electron chi connectivity index (χ3n) is 3.46. The number of nitrogens with one attached hydrogen (secondary N) is 1. The summed E-state index contributed by atoms with van der Waals surface area (Å²) in [6.07, 6.45) is 3.23. The number of rotatable bonds is 5. The van der Waals surface area contributed by atoms with Crippen LogP contribution in [0.2, 0.25) is 0 Å². The van der Waals surface area contributed by atoms with Crippen LogP contribution in [-0.2, 0) is 6.42 Å². The Labute approximate surface area is 107 Å². The zero-order chi connectivity index (χ0) is 13.0. The minimum absolute atomic E-state index is 0.583. The molecule has 2 rings (SSSR count). The fourth-order valence-corrected chi connectivity index (χ4v) is 2.40. The van der Waals surface area contributed by atoms with Crippen LogP contribution in [-0.4, -0.2) is 37.6 Å². The molecule has 4 heteroatoms. The molecule has 2 nitrogen and oxygen atoms in total. The van der Waals surface area contributed by atoms with Crippen LogP contribution in [0.5, 0.6) is 0 Å². The van der Waals surface area contributed by atoms with E-state index in [0.717, 1.165) is 31.6 Å². The molecule has 18 heavy (non-hydrogen) atoms. The number of likely N-dealkylation sites (N-methyl/N-ethyl adjacent to an activating group) is 1. The fourth-order valence-electron chi connectivity index (χ4n) is 2.40. The first kappa shape index (κ1) is 13.4. The lowest BCUT2D eigenvalue weighted by Gasteiger charge is -2.21. The highest BCUT2D eigenvalue weighted by Gasteiger charge is 2.15. The van der Waals surface area contributed by atoms with Gasteiger partial charge in [-0.05, 0) is 50.6 Å². The monoisotopic (exact) mass is 254 g/mol. The number of hydrogen-bond acceptors (Lipinski definition) is 2. The van der Waals surface area contributed by atoms with Crippen LogP contribution in [0.15, 0.2) is 18.2 Å². The van der Waals surface area contributed by atoms with Crippen molar-refractivity contribution in [2.45, 2.75) is 25.3 Å². The van der Waals surface area contributed by atoms with E-state index >= 15 is 0 Å². The molecule has 0 radical (unpaired) electrons. The van der Waals surface area contributed by atoms with E-state index in [1.807, 2.05) is 0 Å². The second-order valence-corrected chi connectivity index (χ2v) is 5.05. The maximum absolute atomic E-state index is 13.0. The Balaban J connectivity index is 1.77. The molecule has 0 saturated carbocycles. The molecule has 1 fully saturated rings. The summed E-state index contributed by atoms with van der Waals surface area (Å²) in [6, 6.07) is 4.72. The Morgan fingerprint density at radius 3 is 2.83 bits per heavy atom. The Kier molecular flexibility index (Phi) is 4.66. The molecule has 1 aliphatic heterocycles. The normalized spacial score (nSPS) is 19.7. The lowest BCUT2D eigenvalue weighted by Crippen LogP contribution is -2.36. The first-order valence-corrected chi connectivity index (χ1v) is 6.51. The first-order valence-electron chi connectivity index (χ1n) is 6.51. The fraction of sp³-hybridized carbons (Fsp3) is 0.571. The first-order chi connectivity index (χ1) is 8.65. The highest BCUT2D eigenvalue weighted by Crippen LogP contribution is 2.10. The number of benzene rings is 1. The van der Waals surface area contributed by atoms with Crippen LogP contribution in [0.25, 0.3) is 0 Å². The smallest absolute Gasteiger partial charge is 0.159 e. The van der Waals surface area contributed by atoms with Gasteiger partial charge in [0.15, 0.2) is 11.6 Å². The molecular weight excluding hydrogens is 234 g/mol. The van der Waals surface area contributed by atoms with Gasteiger partial charge in [0.05, 0.1) is 0 Å². The van der Waals surface area contributed by atoms with Crippen molar-refractivity contribution in [2.24, 2.45) is 0 Å². The highest BCUT2D eigenvalue weighted by molar-refractivity contribution is 5.18. The van der Waals surface area contributed by atoms with Gasteiger partial charge in [0.25, 0.3) is 0 Å². The van der Waals surface area contributed by atoms with Crippen LogP contribution in [0.3, 0.4) is 0 Å². The molecule has 1 saturated heterocycles. The van der Waals surface area contributed by atoms with E-state index in [-0.39, 0.29) is 0 Å². The molecule has 1 unspecified atom stereocenters. The maximum atomic E-state index is 13.0. The summed E-state index contributed by atoms with van der Waals surface area (Å²) in [5.74, 6) is -1.53. The van der Waals surface area contributed by atoms with Crippen LogP contribution in [0.1, 0.15) is 18.4 Å². The van der Waals surface area contributed by atoms with Crippen LogP contribution >= 0.6 is 0 Å². The van der Waals surface area contributed by atoms with E-state index in [2.05, 4.69) is 17.3 Å². The molecule has 1 heterocycles. The summed E-state index contributed by atoms with van der Waals surface area (Å²) in [5, 5.41) is 3.45. The molecule has 1 aromatic rings. The van der Waals surface area contributed by atoms with E-state index in [1.165, 1.54) is 25.0 Å². The van der Waals surface area contributed by atoms with Gasteiger partial charge in [-0.3, -0.25) is 0 Å². The number of hydrogen-bond donors (Lipinski definition) is 1. The molecule has 0 amide bonds. The van der Waals surface area contributed by atoms with Gasteiger partial charge < -0.3 is 10.2 Å². The minimum Gasteiger partial charge on any atom is -0.313 e. The summed E-state index contributed by atoms with van der Waals surface area (Å²) < 4.78 is 25.8. The standard InChI is InChI=1S/C14H20F2N2/c1-18(10-12-3-2-7-17-12)8-6-11-4-5-13(15)14(16)9-11/h4-5,9,12,17H,2-3,6-8,10H2,1H3. The van der Waals surface area contributed by atoms with Gasteiger partial charge in [0.1, 0.15) is 0 Å². The van der Waals surface area contributed by atoms with E-state index < -0.39 is 11.6 Å². The van der Waals surface area contributed by atoms with Crippen molar-refractivity contribution in [3.05, 3.63) is 35.4 Å². The lowest BCUT2D eigenvalue weighted by atomic mass is 10.1. The molecule has 0 aliphatic carbocycles. The average molecular weight is 254 g/mol. The largest absolute Gasteiger partial charge is 0.313 e. The van der Waals surface area contributed by atoms with Crippen molar-refractivity contribution in [1.82, 2.24) is 10.2 Å². The summed E-state index contributed by atoms with van der Waals surface area (Å²) >= 11 is 0. The zero-order valence-corrected chi connectivity index (χ0v) is 10.8. The number of nitrogens with zero attached hydrogens (tertiary/aromatic N) is 1. The van der Waals surface area contributed by atoms with Gasteiger partial charge in [-0.15, -0.1) is 0 Å². The van der Waals surface area contributed by atoms with Gasteiger partial charge in [-0.1, -0.05) is 6.07 Å². The second kappa shape index (κ2) is 6.25. The van der Waals surface area contributed by atoms with Gasteiger partial charge in [0, 0.05) is 19.1 Å². The van der Waals surface area contributed by atoms with E-state index in [0.29, 0.717) is 6.04 Å². The minimum atomic E-state index is -0.776. The molecular formula is C14H20F2N2. The van der Waals surface area contributed by atoms with Crippen molar-refractivity contribution in [3.63, 3.8) is 0 Å². The SMILES string of the molecule is CN(CCc1ccc(F)c(F)c1)CC1CCCN1. The molecule has 1 aromatic carbocycles. The third kappa shape index (κ3) is 3.75. The van der Waals surface area contributed by atoms with Crippen molar-refractivity contribution in [1.29, 1.82) is 0 Å². The predicted octanol–water partition coefficient (Wildman–Crippen LogP) is 2.19. The average Bonchev–Trinajstić information content (AvgIpc) is 2.83. The molecule has 100 valence electrons. The lowest BCUT2D eigenvalue weighted by molar-refractivity contribution is 0.303. The number of halogens is 2. The Morgan fingerprint density at radius 1 is 1.33 bits per heavy atom. The summed E-state index contributed by atoms with van der Waals surface area (Å²) in [4.78, 5) is 2.24. The van der Waals surface area contributed by atoms with Gasteiger partial charge in [0.2, 0.25) is 0 Å². The van der Waals surface area contributed by atoms with E-state index in [4.69, 9.17) is 0 Å². The third-order valence-corrected chi connectivity index (χ3v) is 3.46. The second-order valence-electron chi connectivity index (χ2n) is 5.05. The molecule has 1 atom stereocenters. The van der Waals surface area contributed by atoms with Crippen LogP contribution in [0.4, 0.5) is 8.78 Å². The Morgan fingerprint density at radius 2 is 2.17 bits per heavy atom. The molecule has 0 spiro atoms. The Bertz CT molecular complexity index is 389. The van der Waals surface area contributed by atoms with Gasteiger partial charge in [-0.2, -0.15) is 0 Å². The zero-order valence-electron chi connectivity index (χ0n) is 10.8. The quantitative estimate of drug-likeness (QED) is 0.866. The summed E-state index contributed by atoms with van der Waals surface area (Å²) in [7, 11) is 2.07. The molecule has 0 aromatic heterocycles. The highest BCUT2D eigenvalue weighted by atomic mass is 19.2. The molecule has 1 N–H and O–H groups in total. The van der Waals surface area contributed by atoms with Gasteiger partial charge >= 0.3 is 0 Å². The predicted molar refractivity (Wildman–Crippen MR) is 68.6 cm³/mol. The summed E-state index contributed by atoms with van der Waals surface area (Å²) in [6.45, 7) is 2.99. The van der Waals surface area contributed by atoms with Crippen molar-refractivity contribution in [3.8, 4) is 0 Å². The summed E-state index contributed by atoms with van der Waals surface area (Å²) in [5.41, 5.74) is 0.847. The van der Waals surface area contributed by atoms with E-state index in [1.54, 1.807) is 6.07 Å². The van der Waals surface area contributed by atoms with E-state index in [9.17, 15) is 8.78 Å². The Hall–Kier alpha value is -1.00. The molecule has 1 aliphatic rings. The van der Waals surface area contributed by atoms with Crippen molar-refractivity contribution < 1.29 is 8.78 Å². The van der Waals surface area contributed by atoms with Crippen LogP contribution < -0.4 is 5.32 Å². The van der Waals surface area contributed by atoms with Gasteiger partial charge in [-0.25, -0.2) is 8.78 Å². The topological polar surface area (TPSA) is 15.3 Å². The maximum Gasteiger partial charge on any atom is 0.159 e. The van der Waals surface area contributed by atoms with Crippen molar-refractivity contribution >= 4 is 0 Å². The molecule has 0 bridgehead atoms. The van der Waals surface area contributed by atoms with Crippen LogP contribution in [0, 0.1) is 11.6 Å². The van der Waals surface area contributed by atoms with Crippen molar-refractivity contribution in [2.75, 3.05) is 26.7 Å².